The maximum Gasteiger partial charge on any atom is 0.134 e. The first-order valence-corrected chi connectivity index (χ1v) is 9.44. The highest BCUT2D eigenvalue weighted by molar-refractivity contribution is 5.85. The molecule has 0 bridgehead atoms. The Morgan fingerprint density at radius 3 is 2.61 bits per heavy atom. The van der Waals surface area contributed by atoms with Gasteiger partial charge in [-0.15, -0.1) is 0 Å². The zero-order valence-electron chi connectivity index (χ0n) is 15.6. The van der Waals surface area contributed by atoms with Crippen LogP contribution in [0.2, 0.25) is 0 Å². The molecule has 28 heavy (non-hydrogen) atoms. The summed E-state index contributed by atoms with van der Waals surface area (Å²) in [6.45, 7) is 1.00. The van der Waals surface area contributed by atoms with E-state index in [4.69, 9.17) is 0 Å². The summed E-state index contributed by atoms with van der Waals surface area (Å²) in [5.74, 6) is -0.243. The fourth-order valence-electron chi connectivity index (χ4n) is 4.09. The van der Waals surface area contributed by atoms with Crippen LogP contribution in [0, 0.1) is 5.82 Å². The lowest BCUT2D eigenvalue weighted by atomic mass is 10.0. The molecule has 0 aliphatic carbocycles. The van der Waals surface area contributed by atoms with Crippen LogP contribution in [0.25, 0.3) is 22.0 Å². The first-order valence-electron chi connectivity index (χ1n) is 9.44. The molecule has 3 nitrogen and oxygen atoms in total. The normalized spacial score (nSPS) is 16.6. The van der Waals surface area contributed by atoms with Gasteiger partial charge < -0.3 is 9.67 Å². The summed E-state index contributed by atoms with van der Waals surface area (Å²) in [5.41, 5.74) is 5.58. The molecule has 3 aromatic carbocycles. The average molecular weight is 372 g/mol. The average Bonchev–Trinajstić information content (AvgIpc) is 3.24. The molecule has 1 N–H and O–H groups in total. The Hall–Kier alpha value is -2.95. The van der Waals surface area contributed by atoms with Crippen molar-refractivity contribution in [1.29, 1.82) is 0 Å². The minimum atomic E-state index is -0.685. The fourth-order valence-corrected chi connectivity index (χ4v) is 4.09. The molecule has 0 amide bonds. The largest absolute Gasteiger partial charge is 0.374 e. The molecule has 0 fully saturated rings. The van der Waals surface area contributed by atoms with Gasteiger partial charge in [-0.2, -0.15) is 0 Å². The van der Waals surface area contributed by atoms with Crippen LogP contribution in [0.5, 0.6) is 0 Å². The van der Waals surface area contributed by atoms with Crippen LogP contribution in [0.4, 0.5) is 4.39 Å². The standard InChI is InChI=1S/C24H21FN2O/c1-26-11-10-16-6-7-18(13-23(16)26)17-8-9-20(22(25)12-17)15-27-14-19-4-2-3-5-21(19)24(27)28/h2-13,24,28H,14-15H2,1H3. The molecule has 1 atom stereocenters. The van der Waals surface area contributed by atoms with Crippen molar-refractivity contribution >= 4 is 10.9 Å². The van der Waals surface area contributed by atoms with Crippen molar-refractivity contribution in [3.63, 3.8) is 0 Å². The predicted octanol–water partition coefficient (Wildman–Crippen LogP) is 4.99. The lowest BCUT2D eigenvalue weighted by Gasteiger charge is -2.21. The highest BCUT2D eigenvalue weighted by Gasteiger charge is 2.28. The van der Waals surface area contributed by atoms with Crippen molar-refractivity contribution in [1.82, 2.24) is 9.47 Å². The third-order valence-electron chi connectivity index (χ3n) is 5.70. The van der Waals surface area contributed by atoms with Gasteiger partial charge in [-0.1, -0.05) is 48.5 Å². The highest BCUT2D eigenvalue weighted by Crippen LogP contribution is 2.33. The number of halogens is 1. The van der Waals surface area contributed by atoms with Crippen LogP contribution in [-0.4, -0.2) is 14.6 Å². The molecule has 0 spiro atoms. The first-order chi connectivity index (χ1) is 13.6. The second kappa shape index (κ2) is 6.59. The predicted molar refractivity (Wildman–Crippen MR) is 109 cm³/mol. The SMILES string of the molecule is Cn1ccc2ccc(-c3ccc(CN4Cc5ccccc5C4O)c(F)c3)cc21. The second-order valence-electron chi connectivity index (χ2n) is 7.48. The molecular formula is C24H21FN2O. The van der Waals surface area contributed by atoms with E-state index in [9.17, 15) is 9.50 Å². The molecule has 4 aromatic rings. The van der Waals surface area contributed by atoms with Crippen LogP contribution in [0.1, 0.15) is 22.9 Å². The third-order valence-corrected chi connectivity index (χ3v) is 5.70. The van der Waals surface area contributed by atoms with E-state index in [1.165, 1.54) is 5.39 Å². The number of aromatic nitrogens is 1. The van der Waals surface area contributed by atoms with E-state index in [0.717, 1.165) is 27.8 Å². The smallest absolute Gasteiger partial charge is 0.134 e. The van der Waals surface area contributed by atoms with Gasteiger partial charge >= 0.3 is 0 Å². The summed E-state index contributed by atoms with van der Waals surface area (Å²) in [7, 11) is 2.01. The summed E-state index contributed by atoms with van der Waals surface area (Å²) in [6, 6.07) is 21.5. The Balaban J connectivity index is 1.41. The molecule has 0 saturated heterocycles. The van der Waals surface area contributed by atoms with Gasteiger partial charge in [0.15, 0.2) is 0 Å². The van der Waals surface area contributed by atoms with Crippen molar-refractivity contribution in [3.05, 3.63) is 95.4 Å². The number of rotatable bonds is 3. The number of hydrogen-bond donors (Lipinski definition) is 1. The minimum absolute atomic E-state index is 0.243. The highest BCUT2D eigenvalue weighted by atomic mass is 19.1. The van der Waals surface area contributed by atoms with Crippen LogP contribution in [0.3, 0.4) is 0 Å². The third kappa shape index (κ3) is 2.82. The van der Waals surface area contributed by atoms with Gasteiger partial charge in [-0.25, -0.2) is 4.39 Å². The number of aliphatic hydroxyl groups excluding tert-OH is 1. The summed E-state index contributed by atoms with van der Waals surface area (Å²) >= 11 is 0. The van der Waals surface area contributed by atoms with Gasteiger partial charge in [0, 0.05) is 37.4 Å². The zero-order chi connectivity index (χ0) is 19.3. The lowest BCUT2D eigenvalue weighted by molar-refractivity contribution is 0.00707. The van der Waals surface area contributed by atoms with Gasteiger partial charge in [0.1, 0.15) is 12.0 Å². The first kappa shape index (κ1) is 17.2. The Labute approximate surface area is 163 Å². The monoisotopic (exact) mass is 372 g/mol. The van der Waals surface area contributed by atoms with Crippen molar-refractivity contribution in [2.75, 3.05) is 0 Å². The molecule has 0 saturated carbocycles. The quantitative estimate of drug-likeness (QED) is 0.549. The van der Waals surface area contributed by atoms with Crippen molar-refractivity contribution in [3.8, 4) is 11.1 Å². The van der Waals surface area contributed by atoms with Crippen molar-refractivity contribution < 1.29 is 9.50 Å². The molecule has 2 heterocycles. The van der Waals surface area contributed by atoms with Gasteiger partial charge in [0.05, 0.1) is 0 Å². The molecule has 1 unspecified atom stereocenters. The van der Waals surface area contributed by atoms with Crippen LogP contribution >= 0.6 is 0 Å². The Morgan fingerprint density at radius 2 is 1.79 bits per heavy atom. The van der Waals surface area contributed by atoms with E-state index in [0.29, 0.717) is 18.7 Å². The number of nitrogens with zero attached hydrogens (tertiary/aromatic N) is 2. The summed E-state index contributed by atoms with van der Waals surface area (Å²) in [4.78, 5) is 1.89. The summed E-state index contributed by atoms with van der Waals surface area (Å²) in [6.07, 6.45) is 1.34. The molecular weight excluding hydrogens is 351 g/mol. The van der Waals surface area contributed by atoms with Crippen molar-refractivity contribution in [2.24, 2.45) is 7.05 Å². The van der Waals surface area contributed by atoms with Gasteiger partial charge in [0.2, 0.25) is 0 Å². The number of aliphatic hydroxyl groups is 1. The van der Waals surface area contributed by atoms with Gasteiger partial charge in [-0.3, -0.25) is 4.90 Å². The number of hydrogen-bond acceptors (Lipinski definition) is 2. The summed E-state index contributed by atoms with van der Waals surface area (Å²) in [5, 5.41) is 11.7. The van der Waals surface area contributed by atoms with E-state index in [1.54, 1.807) is 6.07 Å². The molecule has 0 radical (unpaired) electrons. The maximum atomic E-state index is 14.9. The van der Waals surface area contributed by atoms with Crippen molar-refractivity contribution in [2.45, 2.75) is 19.3 Å². The topological polar surface area (TPSA) is 28.4 Å². The number of fused-ring (bicyclic) bond motifs is 2. The van der Waals surface area contributed by atoms with E-state index in [2.05, 4.69) is 22.8 Å². The zero-order valence-corrected chi connectivity index (χ0v) is 15.6. The van der Waals surface area contributed by atoms with E-state index in [-0.39, 0.29) is 5.82 Å². The molecule has 1 aliphatic heterocycles. The molecule has 4 heteroatoms. The Morgan fingerprint density at radius 1 is 1.00 bits per heavy atom. The van der Waals surface area contributed by atoms with Gasteiger partial charge in [-0.05, 0) is 45.8 Å². The van der Waals surface area contributed by atoms with Crippen LogP contribution < -0.4 is 0 Å². The number of benzene rings is 3. The van der Waals surface area contributed by atoms with Crippen LogP contribution in [-0.2, 0) is 20.1 Å². The van der Waals surface area contributed by atoms with E-state index >= 15 is 0 Å². The van der Waals surface area contributed by atoms with Gasteiger partial charge in [0.25, 0.3) is 0 Å². The molecule has 1 aliphatic rings. The minimum Gasteiger partial charge on any atom is -0.374 e. The second-order valence-corrected chi connectivity index (χ2v) is 7.48. The molecule has 1 aromatic heterocycles. The lowest BCUT2D eigenvalue weighted by Crippen LogP contribution is -2.21. The van der Waals surface area contributed by atoms with E-state index < -0.39 is 6.23 Å². The molecule has 5 rings (SSSR count). The fraction of sp³-hybridized carbons (Fsp3) is 0.167. The van der Waals surface area contributed by atoms with Crippen LogP contribution in [0.15, 0.2) is 72.9 Å². The maximum absolute atomic E-state index is 14.9. The molecule has 140 valence electrons. The summed E-state index contributed by atoms with van der Waals surface area (Å²) < 4.78 is 16.9. The Bertz CT molecular complexity index is 1180. The Kier molecular flexibility index (Phi) is 4.04. The number of aryl methyl sites for hydroxylation is 1. The van der Waals surface area contributed by atoms with E-state index in [1.807, 2.05) is 60.6 Å².